The lowest BCUT2D eigenvalue weighted by Crippen LogP contribution is -1.98. The molecular weight excluding hydrogens is 212 g/mol. The van der Waals surface area contributed by atoms with Crippen LogP contribution in [0.1, 0.15) is 31.1 Å². The summed E-state index contributed by atoms with van der Waals surface area (Å²) in [6.45, 7) is 5.44. The van der Waals surface area contributed by atoms with Gasteiger partial charge in [-0.2, -0.15) is 0 Å². The van der Waals surface area contributed by atoms with Crippen LogP contribution < -0.4 is 0 Å². The number of carbonyl (C=O) groups is 1. The molecule has 0 aliphatic carbocycles. The molecule has 0 heterocycles. The lowest BCUT2D eigenvalue weighted by atomic mass is 10.2. The lowest BCUT2D eigenvalue weighted by molar-refractivity contribution is 0.101. The van der Waals surface area contributed by atoms with Crippen molar-refractivity contribution < 1.29 is 13.2 Å². The molecule has 0 amide bonds. The monoisotopic (exact) mass is 228 g/mol. The minimum absolute atomic E-state index is 0.0694. The fraction of sp³-hybridized carbons (Fsp3) is 0.364. The minimum atomic E-state index is -3.16. The zero-order valence-electron chi connectivity index (χ0n) is 9.44. The maximum absolute atomic E-state index is 11.0. The van der Waals surface area contributed by atoms with E-state index in [1.54, 1.807) is 0 Å². The van der Waals surface area contributed by atoms with Gasteiger partial charge in [0.1, 0.15) is 0 Å². The van der Waals surface area contributed by atoms with Gasteiger partial charge < -0.3 is 0 Å². The van der Waals surface area contributed by atoms with E-state index in [0.29, 0.717) is 5.56 Å². The molecule has 0 aliphatic rings. The molecule has 0 unspecified atom stereocenters. The number of hydrogen-bond acceptors (Lipinski definition) is 3. The molecule has 0 radical (unpaired) electrons. The number of benzene rings is 1. The van der Waals surface area contributed by atoms with Crippen LogP contribution in [-0.2, 0) is 9.84 Å². The van der Waals surface area contributed by atoms with E-state index in [9.17, 15) is 13.2 Å². The molecule has 15 heavy (non-hydrogen) atoms. The predicted octanol–water partition coefficient (Wildman–Crippen LogP) is 2.32. The number of Topliss-reactive ketones (excluding diaryl/α,β-unsaturated/α-hetero) is 1. The molecule has 1 aromatic carbocycles. The van der Waals surface area contributed by atoms with Crippen LogP contribution in [0.3, 0.4) is 0 Å². The molecule has 3 nitrogen and oxygen atoms in total. The summed E-state index contributed by atoms with van der Waals surface area (Å²) in [4.78, 5) is 11.1. The standard InChI is InChI=1S/C9H10O3S.C2H6/c1-7(10)8-3-5-9(6-4-8)13(2,11)12;1-2/h3-6H,1-2H3;1-2H3. The molecule has 0 aromatic heterocycles. The Morgan fingerprint density at radius 2 is 1.47 bits per heavy atom. The van der Waals surface area contributed by atoms with Crippen LogP contribution >= 0.6 is 0 Å². The first kappa shape index (κ1) is 13.8. The first-order valence-corrected chi connectivity index (χ1v) is 6.61. The Morgan fingerprint density at radius 3 is 1.73 bits per heavy atom. The summed E-state index contributed by atoms with van der Waals surface area (Å²) in [5.74, 6) is -0.0694. The second-order valence-corrected chi connectivity index (χ2v) is 4.87. The third-order valence-corrected chi connectivity index (χ3v) is 2.82. The third kappa shape index (κ3) is 4.25. The van der Waals surface area contributed by atoms with Crippen molar-refractivity contribution in [2.75, 3.05) is 6.26 Å². The van der Waals surface area contributed by atoms with E-state index in [0.717, 1.165) is 6.26 Å². The fourth-order valence-electron chi connectivity index (χ4n) is 0.937. The van der Waals surface area contributed by atoms with Crippen molar-refractivity contribution in [1.29, 1.82) is 0 Å². The first-order chi connectivity index (χ1) is 6.91. The summed E-state index contributed by atoms with van der Waals surface area (Å²) < 4.78 is 22.1. The topological polar surface area (TPSA) is 51.2 Å². The van der Waals surface area contributed by atoms with Crippen molar-refractivity contribution in [3.63, 3.8) is 0 Å². The van der Waals surface area contributed by atoms with Crippen molar-refractivity contribution in [2.45, 2.75) is 25.7 Å². The summed E-state index contributed by atoms with van der Waals surface area (Å²) in [6.07, 6.45) is 1.13. The summed E-state index contributed by atoms with van der Waals surface area (Å²) in [7, 11) is -3.16. The Kier molecular flexibility index (Phi) is 5.22. The Hall–Kier alpha value is -1.16. The van der Waals surface area contributed by atoms with Crippen molar-refractivity contribution in [1.82, 2.24) is 0 Å². The number of rotatable bonds is 2. The smallest absolute Gasteiger partial charge is 0.175 e. The fourth-order valence-corrected chi connectivity index (χ4v) is 1.57. The van der Waals surface area contributed by atoms with Crippen molar-refractivity contribution in [2.24, 2.45) is 0 Å². The Morgan fingerprint density at radius 1 is 1.07 bits per heavy atom. The summed E-state index contributed by atoms with van der Waals surface area (Å²) in [5.41, 5.74) is 0.521. The second kappa shape index (κ2) is 5.66. The van der Waals surface area contributed by atoms with Crippen LogP contribution in [-0.4, -0.2) is 20.5 Å². The van der Waals surface area contributed by atoms with E-state index >= 15 is 0 Å². The molecule has 0 atom stereocenters. The maximum atomic E-state index is 11.0. The van der Waals surface area contributed by atoms with E-state index in [4.69, 9.17) is 0 Å². The minimum Gasteiger partial charge on any atom is -0.295 e. The van der Waals surface area contributed by atoms with Gasteiger partial charge in [-0.05, 0) is 19.1 Å². The van der Waals surface area contributed by atoms with Crippen LogP contribution in [0.4, 0.5) is 0 Å². The van der Waals surface area contributed by atoms with Crippen molar-refractivity contribution >= 4 is 15.6 Å². The maximum Gasteiger partial charge on any atom is 0.175 e. The molecule has 0 bridgehead atoms. The van der Waals surface area contributed by atoms with Crippen LogP contribution in [0.25, 0.3) is 0 Å². The Bertz CT molecular complexity index is 416. The summed E-state index contributed by atoms with van der Waals surface area (Å²) in [6, 6.07) is 5.90. The molecule has 0 aliphatic heterocycles. The highest BCUT2D eigenvalue weighted by Gasteiger charge is 2.06. The zero-order chi connectivity index (χ0) is 12.1. The Labute approximate surface area is 91.0 Å². The molecule has 1 aromatic rings. The van der Waals surface area contributed by atoms with E-state index in [1.807, 2.05) is 13.8 Å². The van der Waals surface area contributed by atoms with E-state index < -0.39 is 9.84 Å². The molecular formula is C11H16O3S. The summed E-state index contributed by atoms with van der Waals surface area (Å²) >= 11 is 0. The number of ketones is 1. The van der Waals surface area contributed by atoms with Gasteiger partial charge in [-0.25, -0.2) is 8.42 Å². The molecule has 84 valence electrons. The van der Waals surface area contributed by atoms with Gasteiger partial charge in [-0.15, -0.1) is 0 Å². The zero-order valence-corrected chi connectivity index (χ0v) is 10.3. The van der Waals surface area contributed by atoms with E-state index in [1.165, 1.54) is 31.2 Å². The molecule has 0 saturated carbocycles. The van der Waals surface area contributed by atoms with E-state index in [-0.39, 0.29) is 10.7 Å². The largest absolute Gasteiger partial charge is 0.295 e. The van der Waals surface area contributed by atoms with E-state index in [2.05, 4.69) is 0 Å². The van der Waals surface area contributed by atoms with Crippen LogP contribution in [0.15, 0.2) is 29.2 Å². The quantitative estimate of drug-likeness (QED) is 0.730. The van der Waals surface area contributed by atoms with Crippen LogP contribution in [0.5, 0.6) is 0 Å². The second-order valence-electron chi connectivity index (χ2n) is 2.85. The van der Waals surface area contributed by atoms with Gasteiger partial charge in [0.15, 0.2) is 15.6 Å². The number of sulfone groups is 1. The molecule has 0 N–H and O–H groups in total. The van der Waals surface area contributed by atoms with Crippen LogP contribution in [0, 0.1) is 0 Å². The number of hydrogen-bond donors (Lipinski definition) is 0. The van der Waals surface area contributed by atoms with Gasteiger partial charge in [0.25, 0.3) is 0 Å². The number of carbonyl (C=O) groups excluding carboxylic acids is 1. The van der Waals surface area contributed by atoms with Crippen LogP contribution in [0.2, 0.25) is 0 Å². The summed E-state index contributed by atoms with van der Waals surface area (Å²) in [5, 5.41) is 0. The van der Waals surface area contributed by atoms with Gasteiger partial charge >= 0.3 is 0 Å². The molecule has 0 saturated heterocycles. The van der Waals surface area contributed by atoms with Gasteiger partial charge in [-0.3, -0.25) is 4.79 Å². The molecule has 0 spiro atoms. The SMILES string of the molecule is CC.CC(=O)c1ccc(S(C)(=O)=O)cc1. The van der Waals surface area contributed by atoms with Gasteiger partial charge in [0, 0.05) is 11.8 Å². The highest BCUT2D eigenvalue weighted by Crippen LogP contribution is 2.10. The van der Waals surface area contributed by atoms with Gasteiger partial charge in [-0.1, -0.05) is 26.0 Å². The first-order valence-electron chi connectivity index (χ1n) is 4.72. The average molecular weight is 228 g/mol. The van der Waals surface area contributed by atoms with Crippen molar-refractivity contribution in [3.05, 3.63) is 29.8 Å². The third-order valence-electron chi connectivity index (χ3n) is 1.69. The average Bonchev–Trinajstić information content (AvgIpc) is 2.20. The normalized spacial score (nSPS) is 10.1. The lowest BCUT2D eigenvalue weighted by Gasteiger charge is -1.98. The molecule has 1 rings (SSSR count). The van der Waals surface area contributed by atoms with Gasteiger partial charge in [0.2, 0.25) is 0 Å². The predicted molar refractivity (Wildman–Crippen MR) is 60.9 cm³/mol. The highest BCUT2D eigenvalue weighted by atomic mass is 32.2. The molecule has 0 fully saturated rings. The van der Waals surface area contributed by atoms with Gasteiger partial charge in [0.05, 0.1) is 4.90 Å². The van der Waals surface area contributed by atoms with Crippen molar-refractivity contribution in [3.8, 4) is 0 Å². The highest BCUT2D eigenvalue weighted by molar-refractivity contribution is 7.90. The molecule has 4 heteroatoms. The Balaban J connectivity index is 0.000000921.